The Morgan fingerprint density at radius 3 is 2.50 bits per heavy atom. The van der Waals surface area contributed by atoms with Crippen LogP contribution >= 0.6 is 0 Å². The number of rotatable bonds is 5. The number of hydrazone groups is 1. The van der Waals surface area contributed by atoms with Crippen molar-refractivity contribution in [2.45, 2.75) is 13.8 Å². The van der Waals surface area contributed by atoms with Crippen molar-refractivity contribution in [2.24, 2.45) is 5.10 Å². The Morgan fingerprint density at radius 1 is 1.14 bits per heavy atom. The highest BCUT2D eigenvalue weighted by atomic mass is 16.6. The normalized spacial score (nSPS) is 10.5. The lowest BCUT2D eigenvalue weighted by atomic mass is 10.2. The fourth-order valence-corrected chi connectivity index (χ4v) is 1.81. The number of hydrogen-bond acceptors (Lipinski definition) is 5. The summed E-state index contributed by atoms with van der Waals surface area (Å²) in [7, 11) is 1.52. The topological polar surface area (TPSA) is 59.9 Å². The van der Waals surface area contributed by atoms with E-state index in [0.717, 1.165) is 11.3 Å². The molecular formula is C17H18N2O3. The van der Waals surface area contributed by atoms with E-state index < -0.39 is 0 Å². The van der Waals surface area contributed by atoms with Crippen molar-refractivity contribution in [3.8, 4) is 11.5 Å². The lowest BCUT2D eigenvalue weighted by Crippen LogP contribution is -2.03. The first-order valence-electron chi connectivity index (χ1n) is 6.80. The summed E-state index contributed by atoms with van der Waals surface area (Å²) in [6.45, 7) is 3.38. The molecule has 0 fully saturated rings. The third-order valence-corrected chi connectivity index (χ3v) is 2.90. The molecule has 0 atom stereocenters. The van der Waals surface area contributed by atoms with Crippen LogP contribution in [0.25, 0.3) is 0 Å². The van der Waals surface area contributed by atoms with Gasteiger partial charge in [0.25, 0.3) is 0 Å². The van der Waals surface area contributed by atoms with Crippen molar-refractivity contribution in [2.75, 3.05) is 12.5 Å². The van der Waals surface area contributed by atoms with Gasteiger partial charge in [-0.1, -0.05) is 17.7 Å². The molecule has 1 N–H and O–H groups in total. The number of benzene rings is 2. The van der Waals surface area contributed by atoms with Gasteiger partial charge in [-0.05, 0) is 42.8 Å². The van der Waals surface area contributed by atoms with Crippen molar-refractivity contribution in [3.63, 3.8) is 0 Å². The third-order valence-electron chi connectivity index (χ3n) is 2.90. The minimum absolute atomic E-state index is 0.388. The van der Waals surface area contributed by atoms with Gasteiger partial charge in [0.1, 0.15) is 0 Å². The maximum Gasteiger partial charge on any atom is 0.308 e. The van der Waals surface area contributed by atoms with Gasteiger partial charge in [0.15, 0.2) is 11.5 Å². The number of carbonyl (C=O) groups excluding carboxylic acids is 1. The first-order chi connectivity index (χ1) is 10.6. The fraction of sp³-hybridized carbons (Fsp3) is 0.176. The molecule has 0 amide bonds. The van der Waals surface area contributed by atoms with E-state index in [-0.39, 0.29) is 5.97 Å². The minimum Gasteiger partial charge on any atom is -0.493 e. The summed E-state index contributed by atoms with van der Waals surface area (Å²) < 4.78 is 10.3. The number of aryl methyl sites for hydroxylation is 1. The van der Waals surface area contributed by atoms with Gasteiger partial charge in [0, 0.05) is 6.92 Å². The molecule has 0 saturated heterocycles. The molecule has 22 heavy (non-hydrogen) atoms. The molecule has 114 valence electrons. The Bertz CT molecular complexity index is 679. The first kappa shape index (κ1) is 15.6. The second-order valence-electron chi connectivity index (χ2n) is 4.74. The van der Waals surface area contributed by atoms with E-state index in [1.165, 1.54) is 19.6 Å². The molecule has 0 spiro atoms. The van der Waals surface area contributed by atoms with E-state index in [1.807, 2.05) is 31.2 Å². The Balaban J connectivity index is 2.07. The number of carbonyl (C=O) groups is 1. The zero-order valence-electron chi connectivity index (χ0n) is 12.8. The third kappa shape index (κ3) is 4.34. The fourth-order valence-electron chi connectivity index (χ4n) is 1.81. The van der Waals surface area contributed by atoms with Gasteiger partial charge in [-0.25, -0.2) is 0 Å². The van der Waals surface area contributed by atoms with E-state index >= 15 is 0 Å². The van der Waals surface area contributed by atoms with Crippen molar-refractivity contribution in [3.05, 3.63) is 53.6 Å². The standard InChI is InChI=1S/C17H18N2O3/c1-12-4-7-15(8-5-12)19-18-11-14-6-9-16(22-13(2)20)17(10-14)21-3/h4-11,19H,1-3H3/b18-11-. The number of esters is 1. The molecule has 0 aliphatic carbocycles. The van der Waals surface area contributed by atoms with Crippen LogP contribution in [0, 0.1) is 6.92 Å². The molecule has 0 aliphatic heterocycles. The number of hydrogen-bond donors (Lipinski definition) is 1. The summed E-state index contributed by atoms with van der Waals surface area (Å²) in [6.07, 6.45) is 1.67. The first-order valence-corrected chi connectivity index (χ1v) is 6.80. The molecule has 2 aromatic rings. The van der Waals surface area contributed by atoms with Gasteiger partial charge in [0.2, 0.25) is 0 Å². The Hall–Kier alpha value is -2.82. The highest BCUT2D eigenvalue weighted by molar-refractivity contribution is 5.82. The molecule has 0 bridgehead atoms. The molecule has 0 aromatic heterocycles. The zero-order chi connectivity index (χ0) is 15.9. The summed E-state index contributed by atoms with van der Waals surface area (Å²) in [4.78, 5) is 11.0. The van der Waals surface area contributed by atoms with Crippen LogP contribution in [0.3, 0.4) is 0 Å². The maximum absolute atomic E-state index is 11.0. The van der Waals surface area contributed by atoms with Crippen molar-refractivity contribution < 1.29 is 14.3 Å². The van der Waals surface area contributed by atoms with Crippen LogP contribution in [-0.2, 0) is 4.79 Å². The summed E-state index contributed by atoms with van der Waals surface area (Å²) in [5, 5.41) is 4.17. The van der Waals surface area contributed by atoms with Crippen LogP contribution in [-0.4, -0.2) is 19.3 Å². The smallest absolute Gasteiger partial charge is 0.308 e. The van der Waals surface area contributed by atoms with Gasteiger partial charge in [-0.2, -0.15) is 5.10 Å². The number of ether oxygens (including phenoxy) is 2. The second kappa shape index (κ2) is 7.26. The Labute approximate surface area is 129 Å². The van der Waals surface area contributed by atoms with Crippen LogP contribution in [0.4, 0.5) is 5.69 Å². The minimum atomic E-state index is -0.388. The lowest BCUT2D eigenvalue weighted by molar-refractivity contribution is -0.132. The van der Waals surface area contributed by atoms with Gasteiger partial charge in [-0.3, -0.25) is 10.2 Å². The molecule has 0 aliphatic rings. The average Bonchev–Trinajstić information content (AvgIpc) is 2.50. The maximum atomic E-state index is 11.0. The van der Waals surface area contributed by atoms with E-state index in [1.54, 1.807) is 24.4 Å². The summed E-state index contributed by atoms with van der Waals surface area (Å²) in [6, 6.07) is 13.1. The van der Waals surface area contributed by atoms with Gasteiger partial charge < -0.3 is 9.47 Å². The molecule has 2 rings (SSSR count). The average molecular weight is 298 g/mol. The van der Waals surface area contributed by atoms with E-state index in [2.05, 4.69) is 10.5 Å². The SMILES string of the molecule is COc1cc(/C=N\Nc2ccc(C)cc2)ccc1OC(C)=O. The number of nitrogens with one attached hydrogen (secondary N) is 1. The monoisotopic (exact) mass is 298 g/mol. The molecule has 0 saturated carbocycles. The Kier molecular flexibility index (Phi) is 5.14. The predicted molar refractivity (Wildman–Crippen MR) is 86.7 cm³/mol. The molecule has 5 heteroatoms. The van der Waals surface area contributed by atoms with Crippen molar-refractivity contribution in [1.29, 1.82) is 0 Å². The molecule has 0 heterocycles. The molecule has 5 nitrogen and oxygen atoms in total. The van der Waals surface area contributed by atoms with Crippen molar-refractivity contribution >= 4 is 17.9 Å². The highest BCUT2D eigenvalue weighted by Gasteiger charge is 2.07. The van der Waals surface area contributed by atoms with Crippen LogP contribution in [0.1, 0.15) is 18.1 Å². The molecular weight excluding hydrogens is 280 g/mol. The summed E-state index contributed by atoms with van der Waals surface area (Å²) in [5.74, 6) is 0.480. The number of methoxy groups -OCH3 is 1. The van der Waals surface area contributed by atoms with E-state index in [9.17, 15) is 4.79 Å². The van der Waals surface area contributed by atoms with Crippen LogP contribution < -0.4 is 14.9 Å². The lowest BCUT2D eigenvalue weighted by Gasteiger charge is -2.08. The highest BCUT2D eigenvalue weighted by Crippen LogP contribution is 2.27. The Morgan fingerprint density at radius 2 is 1.86 bits per heavy atom. The van der Waals surface area contributed by atoms with E-state index in [4.69, 9.17) is 9.47 Å². The second-order valence-corrected chi connectivity index (χ2v) is 4.74. The van der Waals surface area contributed by atoms with E-state index in [0.29, 0.717) is 11.5 Å². The number of nitrogens with zero attached hydrogens (tertiary/aromatic N) is 1. The molecule has 2 aromatic carbocycles. The van der Waals surface area contributed by atoms with Gasteiger partial charge in [0.05, 0.1) is 19.0 Å². The zero-order valence-corrected chi connectivity index (χ0v) is 12.8. The number of anilines is 1. The largest absolute Gasteiger partial charge is 0.493 e. The van der Waals surface area contributed by atoms with Gasteiger partial charge >= 0.3 is 5.97 Å². The molecule has 0 unspecified atom stereocenters. The van der Waals surface area contributed by atoms with Crippen LogP contribution in [0.2, 0.25) is 0 Å². The van der Waals surface area contributed by atoms with Crippen LogP contribution in [0.5, 0.6) is 11.5 Å². The van der Waals surface area contributed by atoms with Crippen molar-refractivity contribution in [1.82, 2.24) is 0 Å². The summed E-state index contributed by atoms with van der Waals surface area (Å²) in [5.41, 5.74) is 5.88. The molecule has 0 radical (unpaired) electrons. The predicted octanol–water partition coefficient (Wildman–Crippen LogP) is 3.37. The quantitative estimate of drug-likeness (QED) is 0.398. The van der Waals surface area contributed by atoms with Crippen LogP contribution in [0.15, 0.2) is 47.6 Å². The van der Waals surface area contributed by atoms with Gasteiger partial charge in [-0.15, -0.1) is 0 Å². The summed E-state index contributed by atoms with van der Waals surface area (Å²) >= 11 is 0.